The number of carbonyl (C=O) groups is 2. The Morgan fingerprint density at radius 2 is 1.79 bits per heavy atom. The highest BCUT2D eigenvalue weighted by Gasteiger charge is 2.09. The largest absolute Gasteiger partial charge is 0.455 e. The molecule has 0 atom stereocenters. The molecule has 7 heteroatoms. The predicted molar refractivity (Wildman–Crippen MR) is 89.4 cm³/mol. The van der Waals surface area contributed by atoms with Crippen LogP contribution < -0.4 is 5.32 Å². The number of carbonyl (C=O) groups excluding carboxylic acids is 2. The van der Waals surface area contributed by atoms with Crippen molar-refractivity contribution in [3.05, 3.63) is 69.5 Å². The fraction of sp³-hybridized carbons (Fsp3) is 0.176. The van der Waals surface area contributed by atoms with Gasteiger partial charge < -0.3 is 10.1 Å². The number of amides is 1. The highest BCUT2D eigenvalue weighted by molar-refractivity contribution is 6.35. The van der Waals surface area contributed by atoms with Crippen molar-refractivity contribution in [2.75, 3.05) is 6.61 Å². The van der Waals surface area contributed by atoms with Crippen LogP contribution in [0.3, 0.4) is 0 Å². The van der Waals surface area contributed by atoms with E-state index < -0.39 is 18.5 Å². The van der Waals surface area contributed by atoms with E-state index in [1.165, 1.54) is 24.3 Å². The summed E-state index contributed by atoms with van der Waals surface area (Å²) in [5.74, 6) is -1.40. The van der Waals surface area contributed by atoms with Gasteiger partial charge in [0.05, 0.1) is 6.42 Å². The number of nitrogens with one attached hydrogen (secondary N) is 1. The summed E-state index contributed by atoms with van der Waals surface area (Å²) in [6, 6.07) is 10.4. The molecule has 1 amide bonds. The number of ether oxygens (including phenoxy) is 1. The Morgan fingerprint density at radius 1 is 1.08 bits per heavy atom. The zero-order valence-corrected chi connectivity index (χ0v) is 14.0. The molecule has 126 valence electrons. The Labute approximate surface area is 148 Å². The van der Waals surface area contributed by atoms with Crippen molar-refractivity contribution in [2.24, 2.45) is 0 Å². The molecule has 0 saturated heterocycles. The van der Waals surface area contributed by atoms with Crippen LogP contribution in [0.4, 0.5) is 4.39 Å². The number of halogens is 3. The molecule has 24 heavy (non-hydrogen) atoms. The summed E-state index contributed by atoms with van der Waals surface area (Å²) in [6.07, 6.45) is -0.0312. The number of benzene rings is 2. The van der Waals surface area contributed by atoms with Crippen molar-refractivity contribution in [1.29, 1.82) is 0 Å². The van der Waals surface area contributed by atoms with Crippen molar-refractivity contribution < 1.29 is 18.7 Å². The Balaban J connectivity index is 1.74. The Kier molecular flexibility index (Phi) is 6.58. The van der Waals surface area contributed by atoms with Crippen molar-refractivity contribution in [3.63, 3.8) is 0 Å². The van der Waals surface area contributed by atoms with E-state index in [0.717, 1.165) is 0 Å². The Morgan fingerprint density at radius 3 is 2.46 bits per heavy atom. The molecule has 0 spiro atoms. The lowest BCUT2D eigenvalue weighted by atomic mass is 10.1. The quantitative estimate of drug-likeness (QED) is 0.792. The normalized spacial score (nSPS) is 10.3. The van der Waals surface area contributed by atoms with E-state index in [2.05, 4.69) is 5.32 Å². The molecule has 0 fully saturated rings. The lowest BCUT2D eigenvalue weighted by Crippen LogP contribution is -2.28. The van der Waals surface area contributed by atoms with Crippen molar-refractivity contribution in [3.8, 4) is 0 Å². The van der Waals surface area contributed by atoms with E-state index in [0.29, 0.717) is 21.2 Å². The lowest BCUT2D eigenvalue weighted by molar-refractivity contribution is -0.147. The van der Waals surface area contributed by atoms with Gasteiger partial charge in [-0.05, 0) is 35.4 Å². The molecule has 0 radical (unpaired) electrons. The van der Waals surface area contributed by atoms with Gasteiger partial charge in [0, 0.05) is 16.6 Å². The molecule has 0 aliphatic rings. The average Bonchev–Trinajstić information content (AvgIpc) is 2.54. The zero-order chi connectivity index (χ0) is 17.5. The minimum Gasteiger partial charge on any atom is -0.455 e. The van der Waals surface area contributed by atoms with Crippen LogP contribution >= 0.6 is 23.2 Å². The van der Waals surface area contributed by atoms with Crippen LogP contribution in [-0.2, 0) is 27.3 Å². The molecule has 0 saturated carbocycles. The van der Waals surface area contributed by atoms with Gasteiger partial charge in [0.15, 0.2) is 6.61 Å². The van der Waals surface area contributed by atoms with Crippen molar-refractivity contribution >= 4 is 35.1 Å². The molecule has 2 rings (SSSR count). The van der Waals surface area contributed by atoms with Gasteiger partial charge in [0.25, 0.3) is 5.91 Å². The standard InChI is InChI=1S/C17H14Cl2FNO3/c18-13-4-3-12(15(19)8-13)9-21-16(22)10-24-17(23)7-11-1-5-14(20)6-2-11/h1-6,8H,7,9-10H2,(H,21,22). The van der Waals surface area contributed by atoms with Gasteiger partial charge in [-0.3, -0.25) is 9.59 Å². The molecule has 0 bridgehead atoms. The first-order chi connectivity index (χ1) is 11.4. The number of hydrogen-bond acceptors (Lipinski definition) is 3. The van der Waals surface area contributed by atoms with Gasteiger partial charge in [0.2, 0.25) is 0 Å². The number of esters is 1. The van der Waals surface area contributed by atoms with Gasteiger partial charge in [-0.1, -0.05) is 41.4 Å². The highest BCUT2D eigenvalue weighted by atomic mass is 35.5. The first-order valence-electron chi connectivity index (χ1n) is 7.05. The number of hydrogen-bond donors (Lipinski definition) is 1. The molecular weight excluding hydrogens is 356 g/mol. The first-order valence-corrected chi connectivity index (χ1v) is 7.80. The topological polar surface area (TPSA) is 55.4 Å². The van der Waals surface area contributed by atoms with E-state index in [1.807, 2.05) is 0 Å². The molecule has 2 aromatic carbocycles. The third kappa shape index (κ3) is 5.83. The summed E-state index contributed by atoms with van der Waals surface area (Å²) in [5, 5.41) is 3.54. The van der Waals surface area contributed by atoms with Gasteiger partial charge in [0.1, 0.15) is 5.82 Å². The zero-order valence-electron chi connectivity index (χ0n) is 12.5. The van der Waals surface area contributed by atoms with Crippen LogP contribution in [0.5, 0.6) is 0 Å². The molecule has 0 heterocycles. The van der Waals surface area contributed by atoms with Gasteiger partial charge in [-0.2, -0.15) is 0 Å². The second-order valence-corrected chi connectivity index (χ2v) is 5.82. The fourth-order valence-corrected chi connectivity index (χ4v) is 2.35. The third-order valence-corrected chi connectivity index (χ3v) is 3.70. The summed E-state index contributed by atoms with van der Waals surface area (Å²) >= 11 is 11.8. The second-order valence-electron chi connectivity index (χ2n) is 4.98. The average molecular weight is 370 g/mol. The van der Waals surface area contributed by atoms with Crippen LogP contribution in [0.1, 0.15) is 11.1 Å². The number of rotatable bonds is 6. The summed E-state index contributed by atoms with van der Waals surface area (Å²) in [6.45, 7) is -0.199. The van der Waals surface area contributed by atoms with E-state index in [1.54, 1.807) is 18.2 Å². The fourth-order valence-electron chi connectivity index (χ4n) is 1.88. The molecule has 4 nitrogen and oxygen atoms in total. The SMILES string of the molecule is O=C(COC(=O)Cc1ccc(F)cc1)NCc1ccc(Cl)cc1Cl. The van der Waals surface area contributed by atoms with E-state index in [9.17, 15) is 14.0 Å². The maximum atomic E-state index is 12.8. The Bertz CT molecular complexity index is 735. The molecule has 0 aliphatic heterocycles. The second kappa shape index (κ2) is 8.66. The monoisotopic (exact) mass is 369 g/mol. The van der Waals surface area contributed by atoms with Crippen molar-refractivity contribution in [1.82, 2.24) is 5.32 Å². The molecular formula is C17H14Cl2FNO3. The minimum absolute atomic E-state index is 0.0312. The van der Waals surface area contributed by atoms with Gasteiger partial charge in [-0.15, -0.1) is 0 Å². The van der Waals surface area contributed by atoms with Crippen LogP contribution in [0.25, 0.3) is 0 Å². The summed E-state index contributed by atoms with van der Waals surface area (Å²) in [5.41, 5.74) is 1.31. The van der Waals surface area contributed by atoms with Crippen LogP contribution in [-0.4, -0.2) is 18.5 Å². The van der Waals surface area contributed by atoms with E-state index >= 15 is 0 Å². The smallest absolute Gasteiger partial charge is 0.310 e. The maximum Gasteiger partial charge on any atom is 0.310 e. The molecule has 0 aliphatic carbocycles. The highest BCUT2D eigenvalue weighted by Crippen LogP contribution is 2.20. The molecule has 0 unspecified atom stereocenters. The minimum atomic E-state index is -0.568. The van der Waals surface area contributed by atoms with Crippen LogP contribution in [0, 0.1) is 5.82 Å². The molecule has 1 N–H and O–H groups in total. The first kappa shape index (κ1) is 18.2. The van der Waals surface area contributed by atoms with Gasteiger partial charge in [-0.25, -0.2) is 4.39 Å². The Hall–Kier alpha value is -2.11. The van der Waals surface area contributed by atoms with Gasteiger partial charge >= 0.3 is 5.97 Å². The van der Waals surface area contributed by atoms with Crippen LogP contribution in [0.2, 0.25) is 10.0 Å². The molecule has 2 aromatic rings. The third-order valence-electron chi connectivity index (χ3n) is 3.12. The maximum absolute atomic E-state index is 12.8. The van der Waals surface area contributed by atoms with E-state index in [4.69, 9.17) is 27.9 Å². The summed E-state index contributed by atoms with van der Waals surface area (Å²) < 4.78 is 17.6. The van der Waals surface area contributed by atoms with Crippen LogP contribution in [0.15, 0.2) is 42.5 Å². The molecule has 0 aromatic heterocycles. The summed E-state index contributed by atoms with van der Waals surface area (Å²) in [7, 11) is 0. The lowest BCUT2D eigenvalue weighted by Gasteiger charge is -2.08. The van der Waals surface area contributed by atoms with E-state index in [-0.39, 0.29) is 18.8 Å². The predicted octanol–water partition coefficient (Wildman–Crippen LogP) is 3.53. The van der Waals surface area contributed by atoms with Crippen molar-refractivity contribution in [2.45, 2.75) is 13.0 Å². The summed E-state index contributed by atoms with van der Waals surface area (Å²) in [4.78, 5) is 23.3.